The fourth-order valence-corrected chi connectivity index (χ4v) is 3.50. The van der Waals surface area contributed by atoms with Crippen LogP contribution in [0.2, 0.25) is 0 Å². The molecule has 0 spiro atoms. The number of para-hydroxylation sites is 1. The van der Waals surface area contributed by atoms with E-state index in [1.165, 1.54) is 0 Å². The number of fused-ring (bicyclic) bond motifs is 1. The highest BCUT2D eigenvalue weighted by atomic mass is 16.5. The molecule has 6 heteroatoms. The van der Waals surface area contributed by atoms with Gasteiger partial charge in [-0.15, -0.1) is 0 Å². The monoisotopic (exact) mass is 387 g/mol. The first-order valence-corrected chi connectivity index (χ1v) is 10.1. The number of aromatic nitrogens is 4. The fraction of sp³-hybridized carbons (Fsp3) is 0.261. The number of nitrogens with zero attached hydrogens (tertiary/aromatic N) is 4. The minimum absolute atomic E-state index is 0.330. The largest absolute Gasteiger partial charge is 0.457 e. The Morgan fingerprint density at radius 3 is 2.48 bits per heavy atom. The van der Waals surface area contributed by atoms with Crippen molar-refractivity contribution in [1.82, 2.24) is 25.1 Å². The minimum atomic E-state index is 0.330. The summed E-state index contributed by atoms with van der Waals surface area (Å²) >= 11 is 0. The van der Waals surface area contributed by atoms with Gasteiger partial charge in [-0.05, 0) is 49.4 Å². The number of nitrogens with one attached hydrogen (secondary N) is 1. The quantitative estimate of drug-likeness (QED) is 0.542. The van der Waals surface area contributed by atoms with Gasteiger partial charge in [0.2, 0.25) is 0 Å². The number of hydrogen-bond donors (Lipinski definition) is 1. The molecule has 2 aromatic heterocycles. The average molecular weight is 387 g/mol. The maximum atomic E-state index is 5.88. The maximum Gasteiger partial charge on any atom is 0.162 e. The van der Waals surface area contributed by atoms with Gasteiger partial charge in [-0.2, -0.15) is 5.10 Å². The van der Waals surface area contributed by atoms with Gasteiger partial charge in [0, 0.05) is 18.3 Å². The molecule has 0 radical (unpaired) electrons. The summed E-state index contributed by atoms with van der Waals surface area (Å²) in [7, 11) is 0. The smallest absolute Gasteiger partial charge is 0.162 e. The zero-order valence-electron chi connectivity index (χ0n) is 16.7. The van der Waals surface area contributed by atoms with E-state index in [4.69, 9.17) is 9.84 Å². The van der Waals surface area contributed by atoms with Crippen molar-refractivity contribution in [3.63, 3.8) is 0 Å². The first-order chi connectivity index (χ1) is 14.4. The van der Waals surface area contributed by atoms with Crippen LogP contribution in [0.25, 0.3) is 22.3 Å². The Morgan fingerprint density at radius 2 is 1.76 bits per heavy atom. The van der Waals surface area contributed by atoms with Gasteiger partial charge in [0.1, 0.15) is 23.5 Å². The lowest BCUT2D eigenvalue weighted by molar-refractivity contribution is 0.482. The van der Waals surface area contributed by atoms with Crippen LogP contribution in [0.5, 0.6) is 11.5 Å². The first kappa shape index (κ1) is 19.1. The Kier molecular flexibility index (Phi) is 5.81. The lowest BCUT2D eigenvalue weighted by atomic mass is 10.1. The first-order valence-electron chi connectivity index (χ1n) is 10.1. The van der Waals surface area contributed by atoms with Crippen LogP contribution in [0, 0.1) is 0 Å². The van der Waals surface area contributed by atoms with Gasteiger partial charge in [-0.1, -0.05) is 32.0 Å². The molecule has 6 nitrogen and oxygen atoms in total. The van der Waals surface area contributed by atoms with Crippen LogP contribution in [0.3, 0.4) is 0 Å². The molecule has 0 saturated carbocycles. The molecular weight excluding hydrogens is 362 g/mol. The van der Waals surface area contributed by atoms with Crippen LogP contribution in [0.15, 0.2) is 67.1 Å². The van der Waals surface area contributed by atoms with E-state index < -0.39 is 0 Å². The molecule has 1 aliphatic heterocycles. The molecule has 3 heterocycles. The lowest BCUT2D eigenvalue weighted by Crippen LogP contribution is -2.14. The third kappa shape index (κ3) is 3.98. The van der Waals surface area contributed by atoms with E-state index in [2.05, 4.69) is 15.3 Å². The standard InChI is InChI=1S/C21H19N5O.C2H6/c1-2-4-17(5-3-1)27-18-8-6-15(7-9-18)20-19-13-23-14-24-21(19)26(25-20)16-10-11-22-12-16;1-2/h1-9,13-14,16,22H,10-12H2;1-2H3. The summed E-state index contributed by atoms with van der Waals surface area (Å²) in [6.07, 6.45) is 4.49. The predicted molar refractivity (Wildman–Crippen MR) is 115 cm³/mol. The zero-order chi connectivity index (χ0) is 20.1. The molecule has 0 amide bonds. The molecule has 5 rings (SSSR count). The van der Waals surface area contributed by atoms with Crippen molar-refractivity contribution in [2.75, 3.05) is 13.1 Å². The van der Waals surface area contributed by atoms with Crippen LogP contribution in [-0.4, -0.2) is 32.8 Å². The van der Waals surface area contributed by atoms with Gasteiger partial charge in [-0.25, -0.2) is 14.6 Å². The van der Waals surface area contributed by atoms with E-state index in [-0.39, 0.29) is 0 Å². The van der Waals surface area contributed by atoms with E-state index in [0.717, 1.165) is 53.3 Å². The topological polar surface area (TPSA) is 64.9 Å². The molecule has 1 fully saturated rings. The normalized spacial score (nSPS) is 15.7. The summed E-state index contributed by atoms with van der Waals surface area (Å²) in [4.78, 5) is 8.69. The molecule has 2 aromatic carbocycles. The molecule has 0 bridgehead atoms. The third-order valence-corrected chi connectivity index (χ3v) is 4.86. The summed E-state index contributed by atoms with van der Waals surface area (Å²) < 4.78 is 7.93. The number of ether oxygens (including phenoxy) is 1. The van der Waals surface area contributed by atoms with Crippen LogP contribution in [0.1, 0.15) is 26.3 Å². The summed E-state index contributed by atoms with van der Waals surface area (Å²) in [6.45, 7) is 5.93. The number of benzene rings is 2. The second-order valence-corrected chi connectivity index (χ2v) is 6.64. The minimum Gasteiger partial charge on any atom is -0.457 e. The highest BCUT2D eigenvalue weighted by Crippen LogP contribution is 2.31. The van der Waals surface area contributed by atoms with Crippen molar-refractivity contribution in [2.45, 2.75) is 26.3 Å². The SMILES string of the molecule is CC.c1ccc(Oc2ccc(-c3nn(C4CCNC4)c4ncncc34)cc2)cc1. The van der Waals surface area contributed by atoms with E-state index in [9.17, 15) is 0 Å². The Bertz CT molecular complexity index is 1050. The maximum absolute atomic E-state index is 5.88. The van der Waals surface area contributed by atoms with Crippen LogP contribution < -0.4 is 10.1 Å². The van der Waals surface area contributed by atoms with Crippen LogP contribution in [-0.2, 0) is 0 Å². The van der Waals surface area contributed by atoms with Gasteiger partial charge in [-0.3, -0.25) is 0 Å². The molecule has 1 unspecified atom stereocenters. The molecular formula is C23H25N5O. The van der Waals surface area contributed by atoms with Crippen molar-refractivity contribution in [3.05, 3.63) is 67.1 Å². The van der Waals surface area contributed by atoms with Crippen molar-refractivity contribution in [2.24, 2.45) is 0 Å². The van der Waals surface area contributed by atoms with Gasteiger partial charge < -0.3 is 10.1 Å². The van der Waals surface area contributed by atoms with Crippen molar-refractivity contribution < 1.29 is 4.74 Å². The van der Waals surface area contributed by atoms with Crippen molar-refractivity contribution >= 4 is 11.0 Å². The highest BCUT2D eigenvalue weighted by Gasteiger charge is 2.22. The zero-order valence-corrected chi connectivity index (χ0v) is 16.7. The number of hydrogen-bond acceptors (Lipinski definition) is 5. The molecule has 29 heavy (non-hydrogen) atoms. The van der Waals surface area contributed by atoms with Crippen molar-refractivity contribution in [3.8, 4) is 22.8 Å². The van der Waals surface area contributed by atoms with Gasteiger partial charge >= 0.3 is 0 Å². The van der Waals surface area contributed by atoms with Crippen molar-refractivity contribution in [1.29, 1.82) is 0 Å². The second-order valence-electron chi connectivity index (χ2n) is 6.64. The predicted octanol–water partition coefficient (Wildman–Crippen LogP) is 4.85. The van der Waals surface area contributed by atoms with Crippen LogP contribution in [0.4, 0.5) is 0 Å². The Balaban J connectivity index is 0.000000994. The average Bonchev–Trinajstić information content (AvgIpc) is 3.45. The summed E-state index contributed by atoms with van der Waals surface area (Å²) in [5, 5.41) is 9.26. The Hall–Kier alpha value is -3.25. The van der Waals surface area contributed by atoms with Gasteiger partial charge in [0.25, 0.3) is 0 Å². The Labute approximate surface area is 170 Å². The molecule has 1 N–H and O–H groups in total. The summed E-state index contributed by atoms with van der Waals surface area (Å²) in [6, 6.07) is 18.1. The van der Waals surface area contributed by atoms with E-state index in [1.54, 1.807) is 6.33 Å². The summed E-state index contributed by atoms with van der Waals surface area (Å²) in [5.41, 5.74) is 2.82. The van der Waals surface area contributed by atoms with Crippen LogP contribution >= 0.6 is 0 Å². The second kappa shape index (κ2) is 8.84. The van der Waals surface area contributed by atoms with Gasteiger partial charge in [0.05, 0.1) is 11.4 Å². The third-order valence-electron chi connectivity index (χ3n) is 4.86. The van der Waals surface area contributed by atoms with E-state index >= 15 is 0 Å². The fourth-order valence-electron chi connectivity index (χ4n) is 3.50. The molecule has 0 aliphatic carbocycles. The molecule has 148 valence electrons. The lowest BCUT2D eigenvalue weighted by Gasteiger charge is -2.09. The molecule has 1 aliphatic rings. The van der Waals surface area contributed by atoms with E-state index in [1.807, 2.05) is 79.3 Å². The molecule has 4 aromatic rings. The van der Waals surface area contributed by atoms with E-state index in [0.29, 0.717) is 6.04 Å². The molecule has 1 atom stereocenters. The highest BCUT2D eigenvalue weighted by molar-refractivity contribution is 5.90. The number of rotatable bonds is 4. The van der Waals surface area contributed by atoms with Gasteiger partial charge in [0.15, 0.2) is 5.65 Å². The molecule has 1 saturated heterocycles. The Morgan fingerprint density at radius 1 is 1.00 bits per heavy atom. The summed E-state index contributed by atoms with van der Waals surface area (Å²) in [5.74, 6) is 1.62.